The summed E-state index contributed by atoms with van der Waals surface area (Å²) in [4.78, 5) is 15.5. The topological polar surface area (TPSA) is 43.7 Å². The molecule has 1 amide bonds. The van der Waals surface area contributed by atoms with E-state index in [0.29, 0.717) is 33.9 Å². The van der Waals surface area contributed by atoms with Gasteiger partial charge in [-0.2, -0.15) is 0 Å². The average Bonchev–Trinajstić information content (AvgIpc) is 3.37. The molecule has 1 aliphatic rings. The SMILES string of the molecule is COc1ccc(CN2C(=O)/C(=C/c3cn(CCOc4ccc(Cl)cc4)c4ccccc34)SC2=S)cc1. The number of fused-ring (bicyclic) bond motifs is 1. The van der Waals surface area contributed by atoms with Gasteiger partial charge in [-0.15, -0.1) is 0 Å². The average molecular weight is 535 g/mol. The highest BCUT2D eigenvalue weighted by Gasteiger charge is 2.32. The summed E-state index contributed by atoms with van der Waals surface area (Å²) in [7, 11) is 1.63. The van der Waals surface area contributed by atoms with Crippen LogP contribution in [0.15, 0.2) is 83.9 Å². The normalized spacial score (nSPS) is 14.7. The molecule has 0 spiro atoms. The second kappa shape index (κ2) is 10.8. The van der Waals surface area contributed by atoms with Gasteiger partial charge in [0.15, 0.2) is 0 Å². The zero-order valence-corrected chi connectivity index (χ0v) is 21.9. The number of hydrogen-bond donors (Lipinski definition) is 0. The smallest absolute Gasteiger partial charge is 0.266 e. The number of halogens is 1. The highest BCUT2D eigenvalue weighted by atomic mass is 35.5. The van der Waals surface area contributed by atoms with E-state index >= 15 is 0 Å². The number of amides is 1. The van der Waals surface area contributed by atoms with Crippen molar-refractivity contribution in [1.82, 2.24) is 9.47 Å². The third kappa shape index (κ3) is 5.28. The maximum absolute atomic E-state index is 13.2. The Labute approximate surface area is 224 Å². The third-order valence-corrected chi connectivity index (χ3v) is 7.52. The molecule has 0 N–H and O–H groups in total. The number of rotatable bonds is 8. The first-order valence-electron chi connectivity index (χ1n) is 11.4. The number of thiocarbonyl (C=S) groups is 1. The van der Waals surface area contributed by atoms with Crippen LogP contribution in [-0.2, 0) is 17.9 Å². The van der Waals surface area contributed by atoms with Gasteiger partial charge in [0.25, 0.3) is 5.91 Å². The van der Waals surface area contributed by atoms with Gasteiger partial charge in [0.2, 0.25) is 0 Å². The molecular formula is C28H23ClN2O3S2. The van der Waals surface area contributed by atoms with Crippen molar-refractivity contribution in [3.8, 4) is 11.5 Å². The van der Waals surface area contributed by atoms with Gasteiger partial charge in [-0.05, 0) is 54.1 Å². The minimum Gasteiger partial charge on any atom is -0.497 e. The Kier molecular flexibility index (Phi) is 7.32. The zero-order valence-electron chi connectivity index (χ0n) is 19.5. The Morgan fingerprint density at radius 1 is 1.00 bits per heavy atom. The molecule has 5 rings (SSSR count). The number of ether oxygens (including phenoxy) is 2. The molecule has 0 aliphatic carbocycles. The van der Waals surface area contributed by atoms with Gasteiger partial charge in [0.05, 0.1) is 25.1 Å². The van der Waals surface area contributed by atoms with Gasteiger partial charge in [-0.25, -0.2) is 0 Å². The molecule has 3 aromatic carbocycles. The maximum atomic E-state index is 13.2. The minimum atomic E-state index is -0.0799. The maximum Gasteiger partial charge on any atom is 0.266 e. The summed E-state index contributed by atoms with van der Waals surface area (Å²) < 4.78 is 13.8. The molecule has 5 nitrogen and oxygen atoms in total. The number of methoxy groups -OCH3 is 1. The van der Waals surface area contributed by atoms with Crippen LogP contribution in [0.3, 0.4) is 0 Å². The van der Waals surface area contributed by atoms with Gasteiger partial charge in [0.1, 0.15) is 22.4 Å². The van der Waals surface area contributed by atoms with E-state index < -0.39 is 0 Å². The van der Waals surface area contributed by atoms with Crippen molar-refractivity contribution in [2.45, 2.75) is 13.1 Å². The summed E-state index contributed by atoms with van der Waals surface area (Å²) in [6.45, 7) is 1.59. The van der Waals surface area contributed by atoms with Crippen LogP contribution in [0.2, 0.25) is 5.02 Å². The first kappa shape index (κ1) is 24.4. The van der Waals surface area contributed by atoms with Crippen molar-refractivity contribution in [3.05, 3.63) is 100 Å². The molecule has 0 saturated carbocycles. The largest absolute Gasteiger partial charge is 0.497 e. The number of benzene rings is 3. The van der Waals surface area contributed by atoms with Gasteiger partial charge in [-0.1, -0.05) is 65.9 Å². The number of thioether (sulfide) groups is 1. The Bertz CT molecular complexity index is 1450. The van der Waals surface area contributed by atoms with Gasteiger partial charge in [0, 0.05) is 27.7 Å². The van der Waals surface area contributed by atoms with Crippen LogP contribution >= 0.6 is 35.6 Å². The standard InChI is InChI=1S/C28H23ClN2O3S2/c1-33-22-10-6-19(7-11-22)17-31-27(32)26(36-28(31)35)16-20-18-30(25-5-3-2-4-24(20)25)14-15-34-23-12-8-21(29)9-13-23/h2-13,16,18H,14-15,17H2,1H3/b26-16-. The fourth-order valence-corrected chi connectivity index (χ4v) is 5.43. The molecular weight excluding hydrogens is 512 g/mol. The Balaban J connectivity index is 1.34. The van der Waals surface area contributed by atoms with Crippen LogP contribution in [0, 0.1) is 0 Å². The summed E-state index contributed by atoms with van der Waals surface area (Å²) in [6.07, 6.45) is 4.00. The van der Waals surface area contributed by atoms with Crippen LogP contribution < -0.4 is 9.47 Å². The number of carbonyl (C=O) groups is 1. The fourth-order valence-electron chi connectivity index (χ4n) is 4.06. The number of nitrogens with zero attached hydrogens (tertiary/aromatic N) is 2. The predicted molar refractivity (Wildman–Crippen MR) is 151 cm³/mol. The molecule has 182 valence electrons. The van der Waals surface area contributed by atoms with Crippen LogP contribution in [-0.4, -0.2) is 33.4 Å². The Morgan fingerprint density at radius 3 is 2.47 bits per heavy atom. The van der Waals surface area contributed by atoms with Crippen molar-refractivity contribution in [2.75, 3.05) is 13.7 Å². The van der Waals surface area contributed by atoms with E-state index in [0.717, 1.165) is 33.5 Å². The van der Waals surface area contributed by atoms with Crippen molar-refractivity contribution < 1.29 is 14.3 Å². The molecule has 8 heteroatoms. The lowest BCUT2D eigenvalue weighted by Crippen LogP contribution is -2.27. The van der Waals surface area contributed by atoms with E-state index in [1.54, 1.807) is 12.0 Å². The van der Waals surface area contributed by atoms with Gasteiger partial charge in [-0.3, -0.25) is 9.69 Å². The summed E-state index contributed by atoms with van der Waals surface area (Å²) in [5, 5.41) is 1.75. The van der Waals surface area contributed by atoms with Crippen molar-refractivity contribution >= 4 is 62.8 Å². The fraction of sp³-hybridized carbons (Fsp3) is 0.143. The van der Waals surface area contributed by atoms with E-state index in [9.17, 15) is 4.79 Å². The van der Waals surface area contributed by atoms with E-state index in [2.05, 4.69) is 22.9 Å². The van der Waals surface area contributed by atoms with Gasteiger partial charge >= 0.3 is 0 Å². The van der Waals surface area contributed by atoms with E-state index in [1.807, 2.05) is 66.7 Å². The molecule has 1 aromatic heterocycles. The van der Waals surface area contributed by atoms with E-state index in [-0.39, 0.29) is 5.91 Å². The molecule has 0 unspecified atom stereocenters. The van der Waals surface area contributed by atoms with E-state index in [4.69, 9.17) is 33.3 Å². The third-order valence-electron chi connectivity index (χ3n) is 5.89. The van der Waals surface area contributed by atoms with Crippen LogP contribution in [0.4, 0.5) is 0 Å². The lowest BCUT2D eigenvalue weighted by atomic mass is 10.1. The second-order valence-electron chi connectivity index (χ2n) is 8.21. The van der Waals surface area contributed by atoms with E-state index in [1.165, 1.54) is 11.8 Å². The number of carbonyl (C=O) groups excluding carboxylic acids is 1. The highest BCUT2D eigenvalue weighted by Crippen LogP contribution is 2.35. The molecule has 2 heterocycles. The zero-order chi connectivity index (χ0) is 25.1. The van der Waals surface area contributed by atoms with Crippen molar-refractivity contribution in [3.63, 3.8) is 0 Å². The first-order valence-corrected chi connectivity index (χ1v) is 13.0. The number of aromatic nitrogens is 1. The van der Waals surface area contributed by atoms with Crippen LogP contribution in [0.5, 0.6) is 11.5 Å². The summed E-state index contributed by atoms with van der Waals surface area (Å²) in [5.74, 6) is 1.47. The Morgan fingerprint density at radius 2 is 1.72 bits per heavy atom. The molecule has 0 bridgehead atoms. The second-order valence-corrected chi connectivity index (χ2v) is 10.3. The molecule has 36 heavy (non-hydrogen) atoms. The quantitative estimate of drug-likeness (QED) is 0.184. The molecule has 1 aliphatic heterocycles. The molecule has 1 fully saturated rings. The van der Waals surface area contributed by atoms with Crippen molar-refractivity contribution in [2.24, 2.45) is 0 Å². The van der Waals surface area contributed by atoms with Crippen LogP contribution in [0.1, 0.15) is 11.1 Å². The summed E-state index contributed by atoms with van der Waals surface area (Å²) in [5.41, 5.74) is 3.05. The van der Waals surface area contributed by atoms with Crippen molar-refractivity contribution in [1.29, 1.82) is 0 Å². The van der Waals surface area contributed by atoms with Crippen LogP contribution in [0.25, 0.3) is 17.0 Å². The number of para-hydroxylation sites is 1. The first-order chi connectivity index (χ1) is 17.5. The lowest BCUT2D eigenvalue weighted by molar-refractivity contribution is -0.122. The molecule has 0 atom stereocenters. The van der Waals surface area contributed by atoms with Gasteiger partial charge < -0.3 is 14.0 Å². The monoisotopic (exact) mass is 534 g/mol. The summed E-state index contributed by atoms with van der Waals surface area (Å²) in [6, 6.07) is 23.1. The minimum absolute atomic E-state index is 0.0799. The summed E-state index contributed by atoms with van der Waals surface area (Å²) >= 11 is 12.8. The molecule has 1 saturated heterocycles. The molecule has 4 aromatic rings. The lowest BCUT2D eigenvalue weighted by Gasteiger charge is -2.14. The number of hydrogen-bond acceptors (Lipinski definition) is 5. The Hall–Kier alpha value is -3.26. The molecule has 0 radical (unpaired) electrons. The predicted octanol–water partition coefficient (Wildman–Crippen LogP) is 6.78. The highest BCUT2D eigenvalue weighted by molar-refractivity contribution is 8.26.